The highest BCUT2D eigenvalue weighted by atomic mass is 35.5. The highest BCUT2D eigenvalue weighted by Gasteiger charge is 2.30. The molecule has 1 saturated carbocycles. The summed E-state index contributed by atoms with van der Waals surface area (Å²) in [5.41, 5.74) is 5.73. The molecule has 96 valence electrons. The molecule has 6 heteroatoms. The average molecular weight is 259 g/mol. The average Bonchev–Trinajstić information content (AvgIpc) is 2.88. The minimum atomic E-state index is 0. The molecular formula is C11H19ClN4O. The fraction of sp³-hybridized carbons (Fsp3) is 0.818. The Labute approximate surface area is 107 Å². The molecule has 1 atom stereocenters. The van der Waals surface area contributed by atoms with Crippen LogP contribution in [-0.4, -0.2) is 34.2 Å². The Hall–Kier alpha value is -0.650. The molecule has 3 rings (SSSR count). The van der Waals surface area contributed by atoms with Crippen LogP contribution in [-0.2, 0) is 6.54 Å². The van der Waals surface area contributed by atoms with Crippen molar-refractivity contribution < 1.29 is 4.52 Å². The third-order valence-corrected chi connectivity index (χ3v) is 3.54. The third-order valence-electron chi connectivity index (χ3n) is 3.54. The van der Waals surface area contributed by atoms with Crippen molar-refractivity contribution in [3.05, 3.63) is 11.7 Å². The van der Waals surface area contributed by atoms with Crippen LogP contribution < -0.4 is 5.73 Å². The number of hydrogen-bond donors (Lipinski definition) is 1. The van der Waals surface area contributed by atoms with Gasteiger partial charge in [-0.2, -0.15) is 4.98 Å². The molecule has 0 amide bonds. The number of hydrogen-bond acceptors (Lipinski definition) is 5. The largest absolute Gasteiger partial charge is 0.338 e. The van der Waals surface area contributed by atoms with Crippen molar-refractivity contribution in [3.63, 3.8) is 0 Å². The van der Waals surface area contributed by atoms with Gasteiger partial charge in [0.25, 0.3) is 0 Å². The van der Waals surface area contributed by atoms with Crippen LogP contribution in [0.3, 0.4) is 0 Å². The summed E-state index contributed by atoms with van der Waals surface area (Å²) in [5, 5.41) is 4.03. The second-order valence-corrected chi connectivity index (χ2v) is 4.82. The molecule has 1 aliphatic heterocycles. The lowest BCUT2D eigenvalue weighted by atomic mass is 10.2. The van der Waals surface area contributed by atoms with Gasteiger partial charge in [0.2, 0.25) is 5.89 Å². The zero-order chi connectivity index (χ0) is 11.0. The first-order valence-corrected chi connectivity index (χ1v) is 6.13. The van der Waals surface area contributed by atoms with Crippen LogP contribution in [0.15, 0.2) is 4.52 Å². The molecule has 0 spiro atoms. The maximum Gasteiger partial charge on any atom is 0.240 e. The Morgan fingerprint density at radius 1 is 1.35 bits per heavy atom. The molecule has 1 saturated heterocycles. The first-order valence-electron chi connectivity index (χ1n) is 6.13. The van der Waals surface area contributed by atoms with Crippen molar-refractivity contribution in [2.75, 3.05) is 13.1 Å². The van der Waals surface area contributed by atoms with Crippen molar-refractivity contribution in [3.8, 4) is 0 Å². The van der Waals surface area contributed by atoms with E-state index in [0.29, 0.717) is 12.0 Å². The smallest absolute Gasteiger partial charge is 0.240 e. The van der Waals surface area contributed by atoms with Gasteiger partial charge in [0.1, 0.15) is 0 Å². The lowest BCUT2D eigenvalue weighted by Crippen LogP contribution is -2.34. The second kappa shape index (κ2) is 5.33. The first kappa shape index (κ1) is 12.8. The minimum absolute atomic E-state index is 0. The van der Waals surface area contributed by atoms with E-state index < -0.39 is 0 Å². The summed E-state index contributed by atoms with van der Waals surface area (Å²) < 4.78 is 5.28. The summed E-state index contributed by atoms with van der Waals surface area (Å²) in [6.45, 7) is 2.59. The number of nitrogens with two attached hydrogens (primary N) is 1. The van der Waals surface area contributed by atoms with Crippen LogP contribution in [0, 0.1) is 0 Å². The molecule has 1 unspecified atom stereocenters. The summed E-state index contributed by atoms with van der Waals surface area (Å²) >= 11 is 0. The molecule has 0 aromatic carbocycles. The van der Waals surface area contributed by atoms with Gasteiger partial charge in [-0.3, -0.25) is 4.90 Å². The van der Waals surface area contributed by atoms with Crippen LogP contribution in [0.2, 0.25) is 0 Å². The van der Waals surface area contributed by atoms with E-state index in [2.05, 4.69) is 15.0 Å². The van der Waals surface area contributed by atoms with E-state index in [-0.39, 0.29) is 12.4 Å². The molecular weight excluding hydrogens is 240 g/mol. The molecule has 1 aliphatic carbocycles. The van der Waals surface area contributed by atoms with Gasteiger partial charge in [0.05, 0.1) is 6.54 Å². The quantitative estimate of drug-likeness (QED) is 0.882. The first-order chi connectivity index (χ1) is 7.86. The van der Waals surface area contributed by atoms with Gasteiger partial charge in [0.15, 0.2) is 5.82 Å². The van der Waals surface area contributed by atoms with Gasteiger partial charge in [-0.15, -0.1) is 12.4 Å². The fourth-order valence-corrected chi connectivity index (χ4v) is 2.38. The van der Waals surface area contributed by atoms with Crippen LogP contribution in [0.25, 0.3) is 0 Å². The molecule has 0 radical (unpaired) electrons. The van der Waals surface area contributed by atoms with Crippen LogP contribution >= 0.6 is 12.4 Å². The Morgan fingerprint density at radius 2 is 2.18 bits per heavy atom. The highest BCUT2D eigenvalue weighted by Crippen LogP contribution is 2.38. The van der Waals surface area contributed by atoms with E-state index in [1.165, 1.54) is 25.7 Å². The molecule has 2 N–H and O–H groups in total. The summed E-state index contributed by atoms with van der Waals surface area (Å²) in [4.78, 5) is 6.80. The fourth-order valence-electron chi connectivity index (χ4n) is 2.38. The van der Waals surface area contributed by atoms with Crippen LogP contribution in [0.1, 0.15) is 43.3 Å². The Balaban J connectivity index is 0.00000108. The van der Waals surface area contributed by atoms with Crippen molar-refractivity contribution >= 4 is 12.4 Å². The van der Waals surface area contributed by atoms with Gasteiger partial charge in [-0.25, -0.2) is 0 Å². The van der Waals surface area contributed by atoms with Crippen LogP contribution in [0.5, 0.6) is 0 Å². The predicted octanol–water partition coefficient (Wildman–Crippen LogP) is 1.29. The molecule has 17 heavy (non-hydrogen) atoms. The third kappa shape index (κ3) is 2.78. The minimum Gasteiger partial charge on any atom is -0.338 e. The van der Waals surface area contributed by atoms with Crippen molar-refractivity contribution in [2.24, 2.45) is 5.73 Å². The number of aromatic nitrogens is 2. The molecule has 2 aliphatic rings. The molecule has 0 bridgehead atoms. The van der Waals surface area contributed by atoms with E-state index in [1.54, 1.807) is 0 Å². The van der Waals surface area contributed by atoms with E-state index in [0.717, 1.165) is 31.3 Å². The van der Waals surface area contributed by atoms with E-state index in [1.807, 2.05) is 0 Å². The lowest BCUT2D eigenvalue weighted by Gasteiger charge is -2.20. The molecule has 2 fully saturated rings. The second-order valence-electron chi connectivity index (χ2n) is 4.82. The Morgan fingerprint density at radius 3 is 2.88 bits per heavy atom. The monoisotopic (exact) mass is 258 g/mol. The predicted molar refractivity (Wildman–Crippen MR) is 66.0 cm³/mol. The Kier molecular flexibility index (Phi) is 4.01. The zero-order valence-electron chi connectivity index (χ0n) is 9.84. The molecule has 5 nitrogen and oxygen atoms in total. The maximum atomic E-state index is 5.73. The number of likely N-dealkylation sites (tertiary alicyclic amines) is 1. The SMILES string of the molecule is Cl.NCC1CCCN1Cc1nc(C2CC2)no1. The summed E-state index contributed by atoms with van der Waals surface area (Å²) in [6, 6.07) is 0.497. The van der Waals surface area contributed by atoms with Crippen molar-refractivity contribution in [1.29, 1.82) is 0 Å². The summed E-state index contributed by atoms with van der Waals surface area (Å²) in [5.74, 6) is 2.22. The standard InChI is InChI=1S/C11H18N4O.ClH/c12-6-9-2-1-5-15(9)7-10-13-11(14-16-10)8-3-4-8;/h8-9H,1-7,12H2;1H. The van der Waals surface area contributed by atoms with Gasteiger partial charge in [-0.1, -0.05) is 5.16 Å². The van der Waals surface area contributed by atoms with E-state index in [4.69, 9.17) is 10.3 Å². The number of nitrogens with zero attached hydrogens (tertiary/aromatic N) is 3. The maximum absolute atomic E-state index is 5.73. The summed E-state index contributed by atoms with van der Waals surface area (Å²) in [6.07, 6.45) is 4.85. The van der Waals surface area contributed by atoms with Gasteiger partial charge < -0.3 is 10.3 Å². The van der Waals surface area contributed by atoms with E-state index >= 15 is 0 Å². The molecule has 1 aromatic heterocycles. The summed E-state index contributed by atoms with van der Waals surface area (Å²) in [7, 11) is 0. The number of rotatable bonds is 4. The Bertz CT molecular complexity index is 366. The van der Waals surface area contributed by atoms with Crippen molar-refractivity contribution in [1.82, 2.24) is 15.0 Å². The number of halogens is 1. The molecule has 1 aromatic rings. The van der Waals surface area contributed by atoms with Crippen LogP contribution in [0.4, 0.5) is 0 Å². The lowest BCUT2D eigenvalue weighted by molar-refractivity contribution is 0.214. The highest BCUT2D eigenvalue weighted by molar-refractivity contribution is 5.85. The van der Waals surface area contributed by atoms with Crippen molar-refractivity contribution in [2.45, 2.75) is 44.2 Å². The van der Waals surface area contributed by atoms with Gasteiger partial charge in [-0.05, 0) is 32.2 Å². The topological polar surface area (TPSA) is 68.2 Å². The van der Waals surface area contributed by atoms with E-state index in [9.17, 15) is 0 Å². The zero-order valence-corrected chi connectivity index (χ0v) is 10.7. The van der Waals surface area contributed by atoms with Gasteiger partial charge in [0, 0.05) is 18.5 Å². The van der Waals surface area contributed by atoms with Gasteiger partial charge >= 0.3 is 0 Å². The molecule has 2 heterocycles. The normalized spacial score (nSPS) is 24.9.